The molecule has 5 nitrogen and oxygen atoms in total. The van der Waals surface area contributed by atoms with Crippen LogP contribution < -0.4 is 10.1 Å². The van der Waals surface area contributed by atoms with E-state index in [1.165, 1.54) is 7.11 Å². The molecule has 0 fully saturated rings. The van der Waals surface area contributed by atoms with Crippen molar-refractivity contribution in [1.29, 1.82) is 0 Å². The molecule has 0 aliphatic rings. The Balaban J connectivity index is 3.03. The van der Waals surface area contributed by atoms with Crippen LogP contribution in [0.4, 0.5) is 0 Å². The summed E-state index contributed by atoms with van der Waals surface area (Å²) in [5, 5.41) is 10.8. The predicted molar refractivity (Wildman–Crippen MR) is 62.4 cm³/mol. The summed E-state index contributed by atoms with van der Waals surface area (Å²) in [6.45, 7) is 3.29. The van der Waals surface area contributed by atoms with Crippen molar-refractivity contribution in [3.8, 4) is 5.75 Å². The van der Waals surface area contributed by atoms with Crippen LogP contribution in [0.2, 0.25) is 0 Å². The molecule has 1 aromatic carbocycles. The van der Waals surface area contributed by atoms with Crippen LogP contribution in [0.3, 0.4) is 0 Å². The van der Waals surface area contributed by atoms with Crippen LogP contribution in [-0.4, -0.2) is 30.6 Å². The van der Waals surface area contributed by atoms with Crippen molar-refractivity contribution in [2.45, 2.75) is 13.8 Å². The van der Waals surface area contributed by atoms with E-state index in [2.05, 4.69) is 5.32 Å². The zero-order chi connectivity index (χ0) is 13.0. The first-order chi connectivity index (χ1) is 7.95. The average Bonchev–Trinajstić information content (AvgIpc) is 2.24. The molecule has 1 aromatic rings. The number of benzene rings is 1. The van der Waals surface area contributed by atoms with E-state index in [0.717, 1.165) is 11.1 Å². The summed E-state index contributed by atoms with van der Waals surface area (Å²) in [4.78, 5) is 22.2. The van der Waals surface area contributed by atoms with Crippen molar-refractivity contribution in [3.63, 3.8) is 0 Å². The summed E-state index contributed by atoms with van der Waals surface area (Å²) in [7, 11) is 1.48. The molecule has 0 saturated carbocycles. The Hall–Kier alpha value is -2.04. The van der Waals surface area contributed by atoms with Gasteiger partial charge in [0.05, 0.1) is 12.7 Å². The van der Waals surface area contributed by atoms with Crippen molar-refractivity contribution >= 4 is 11.9 Å². The fraction of sp³-hybridized carbons (Fsp3) is 0.333. The molecule has 0 aliphatic carbocycles. The van der Waals surface area contributed by atoms with E-state index in [-0.39, 0.29) is 0 Å². The molecule has 2 N–H and O–H groups in total. The molecule has 0 radical (unpaired) electrons. The van der Waals surface area contributed by atoms with Crippen LogP contribution in [0.1, 0.15) is 21.5 Å². The number of aliphatic carboxylic acids is 1. The number of carboxylic acids is 1. The number of rotatable bonds is 4. The molecule has 1 rings (SSSR count). The standard InChI is InChI=1S/C12H15NO4/c1-7-4-8(2)11(17-3)9(5-7)12(16)13-6-10(14)15/h4-5H,6H2,1-3H3,(H,13,16)(H,14,15). The lowest BCUT2D eigenvalue weighted by atomic mass is 10.0. The molecule has 1 amide bonds. The van der Waals surface area contributed by atoms with Gasteiger partial charge in [-0.2, -0.15) is 0 Å². The Morgan fingerprint density at radius 1 is 1.35 bits per heavy atom. The number of hydrogen-bond acceptors (Lipinski definition) is 3. The maximum absolute atomic E-state index is 11.8. The van der Waals surface area contributed by atoms with Crippen LogP contribution in [0, 0.1) is 13.8 Å². The molecule has 5 heteroatoms. The fourth-order valence-electron chi connectivity index (χ4n) is 1.65. The molecule has 0 aliphatic heterocycles. The van der Waals surface area contributed by atoms with Crippen LogP contribution >= 0.6 is 0 Å². The zero-order valence-corrected chi connectivity index (χ0v) is 10.0. The first-order valence-corrected chi connectivity index (χ1v) is 5.11. The summed E-state index contributed by atoms with van der Waals surface area (Å²) in [5.41, 5.74) is 2.11. The molecule has 0 aromatic heterocycles. The molecule has 0 spiro atoms. The van der Waals surface area contributed by atoms with E-state index in [0.29, 0.717) is 11.3 Å². The Morgan fingerprint density at radius 2 is 2.00 bits per heavy atom. The fourth-order valence-corrected chi connectivity index (χ4v) is 1.65. The van der Waals surface area contributed by atoms with Crippen LogP contribution in [0.5, 0.6) is 5.75 Å². The van der Waals surface area contributed by atoms with Gasteiger partial charge in [-0.15, -0.1) is 0 Å². The minimum atomic E-state index is -1.08. The Labute approximate surface area is 99.4 Å². The third kappa shape index (κ3) is 3.21. The Morgan fingerprint density at radius 3 is 2.53 bits per heavy atom. The lowest BCUT2D eigenvalue weighted by Crippen LogP contribution is -2.29. The number of carbonyl (C=O) groups is 2. The van der Waals surface area contributed by atoms with E-state index in [1.54, 1.807) is 6.07 Å². The van der Waals surface area contributed by atoms with Crippen LogP contribution in [0.25, 0.3) is 0 Å². The van der Waals surface area contributed by atoms with Gasteiger partial charge >= 0.3 is 5.97 Å². The molecule has 0 atom stereocenters. The highest BCUT2D eigenvalue weighted by atomic mass is 16.5. The number of nitrogens with one attached hydrogen (secondary N) is 1. The van der Waals surface area contributed by atoms with E-state index in [9.17, 15) is 9.59 Å². The number of aryl methyl sites for hydroxylation is 2. The number of carboxylic acid groups (broad SMARTS) is 1. The van der Waals surface area contributed by atoms with Gasteiger partial charge < -0.3 is 15.2 Å². The van der Waals surface area contributed by atoms with Gasteiger partial charge in [0.15, 0.2) is 0 Å². The maximum atomic E-state index is 11.8. The second-order valence-electron chi connectivity index (χ2n) is 3.74. The van der Waals surface area contributed by atoms with E-state index >= 15 is 0 Å². The Kier molecular flexibility index (Phi) is 4.09. The minimum absolute atomic E-state index is 0.353. The lowest BCUT2D eigenvalue weighted by molar-refractivity contribution is -0.135. The number of methoxy groups -OCH3 is 1. The molecular formula is C12H15NO4. The van der Waals surface area contributed by atoms with E-state index in [4.69, 9.17) is 9.84 Å². The van der Waals surface area contributed by atoms with Gasteiger partial charge in [0.2, 0.25) is 0 Å². The monoisotopic (exact) mass is 237 g/mol. The van der Waals surface area contributed by atoms with Gasteiger partial charge in [-0.25, -0.2) is 0 Å². The maximum Gasteiger partial charge on any atom is 0.322 e. The molecule has 92 valence electrons. The van der Waals surface area contributed by atoms with Gasteiger partial charge in [0.1, 0.15) is 12.3 Å². The highest BCUT2D eigenvalue weighted by Gasteiger charge is 2.15. The number of hydrogen-bond donors (Lipinski definition) is 2. The van der Waals surface area contributed by atoms with E-state index in [1.807, 2.05) is 19.9 Å². The van der Waals surface area contributed by atoms with Gasteiger partial charge in [-0.3, -0.25) is 9.59 Å². The first-order valence-electron chi connectivity index (χ1n) is 5.11. The van der Waals surface area contributed by atoms with Crippen molar-refractivity contribution in [2.24, 2.45) is 0 Å². The van der Waals surface area contributed by atoms with Crippen LogP contribution in [0.15, 0.2) is 12.1 Å². The summed E-state index contributed by atoms with van der Waals surface area (Å²) in [5.74, 6) is -1.06. The second kappa shape index (κ2) is 5.34. The second-order valence-corrected chi connectivity index (χ2v) is 3.74. The van der Waals surface area contributed by atoms with Crippen molar-refractivity contribution in [2.75, 3.05) is 13.7 Å². The van der Waals surface area contributed by atoms with Crippen LogP contribution in [-0.2, 0) is 4.79 Å². The van der Waals surface area contributed by atoms with Crippen molar-refractivity contribution < 1.29 is 19.4 Å². The summed E-state index contributed by atoms with van der Waals surface area (Å²) in [6.07, 6.45) is 0. The van der Waals surface area contributed by atoms with Crippen molar-refractivity contribution in [3.05, 3.63) is 28.8 Å². The smallest absolute Gasteiger partial charge is 0.322 e. The van der Waals surface area contributed by atoms with Gasteiger partial charge in [-0.1, -0.05) is 6.07 Å². The third-order valence-corrected chi connectivity index (χ3v) is 2.27. The van der Waals surface area contributed by atoms with E-state index < -0.39 is 18.4 Å². The quantitative estimate of drug-likeness (QED) is 0.823. The Bertz CT molecular complexity index is 454. The van der Waals surface area contributed by atoms with Gasteiger partial charge in [0.25, 0.3) is 5.91 Å². The number of ether oxygens (including phenoxy) is 1. The molecular weight excluding hydrogens is 222 g/mol. The number of carbonyl (C=O) groups excluding carboxylic acids is 1. The van der Waals surface area contributed by atoms with Crippen molar-refractivity contribution in [1.82, 2.24) is 5.32 Å². The lowest BCUT2D eigenvalue weighted by Gasteiger charge is -2.12. The first kappa shape index (κ1) is 13.0. The van der Waals surface area contributed by atoms with Gasteiger partial charge in [0, 0.05) is 0 Å². The topological polar surface area (TPSA) is 75.6 Å². The number of amides is 1. The van der Waals surface area contributed by atoms with Gasteiger partial charge in [-0.05, 0) is 31.0 Å². The molecule has 0 saturated heterocycles. The largest absolute Gasteiger partial charge is 0.496 e. The molecule has 0 heterocycles. The average molecular weight is 237 g/mol. The summed E-state index contributed by atoms with van der Waals surface area (Å²) >= 11 is 0. The minimum Gasteiger partial charge on any atom is -0.496 e. The predicted octanol–water partition coefficient (Wildman–Crippen LogP) is 1.13. The summed E-state index contributed by atoms with van der Waals surface area (Å²) in [6, 6.07) is 3.57. The highest BCUT2D eigenvalue weighted by Crippen LogP contribution is 2.24. The normalized spacial score (nSPS) is 9.82. The molecule has 0 bridgehead atoms. The highest BCUT2D eigenvalue weighted by molar-refractivity contribution is 5.98. The summed E-state index contributed by atoms with van der Waals surface area (Å²) < 4.78 is 5.15. The SMILES string of the molecule is COc1c(C)cc(C)cc1C(=O)NCC(=O)O. The zero-order valence-electron chi connectivity index (χ0n) is 10.0. The molecule has 0 unspecified atom stereocenters. The molecule has 17 heavy (non-hydrogen) atoms. The third-order valence-electron chi connectivity index (χ3n) is 2.27.